The zero-order valence-electron chi connectivity index (χ0n) is 14.2. The van der Waals surface area contributed by atoms with Crippen LogP contribution in [-0.4, -0.2) is 33.9 Å². The zero-order chi connectivity index (χ0) is 16.9. The minimum Gasteiger partial charge on any atom is -0.494 e. The summed E-state index contributed by atoms with van der Waals surface area (Å²) in [6, 6.07) is 9.51. The van der Waals surface area contributed by atoms with Gasteiger partial charge < -0.3 is 15.0 Å². The van der Waals surface area contributed by atoms with E-state index >= 15 is 0 Å². The van der Waals surface area contributed by atoms with Crippen LogP contribution in [0.3, 0.4) is 0 Å². The first kappa shape index (κ1) is 16.4. The van der Waals surface area contributed by atoms with Gasteiger partial charge in [-0.1, -0.05) is 0 Å². The maximum Gasteiger partial charge on any atom is 0.322 e. The van der Waals surface area contributed by atoms with Crippen molar-refractivity contribution in [2.45, 2.75) is 39.3 Å². The van der Waals surface area contributed by atoms with Gasteiger partial charge in [-0.15, -0.1) is 0 Å². The maximum atomic E-state index is 12.7. The Kier molecular flexibility index (Phi) is 5.03. The molecular weight excluding hydrogens is 304 g/mol. The fourth-order valence-electron chi connectivity index (χ4n) is 3.20. The van der Waals surface area contributed by atoms with Gasteiger partial charge in [-0.2, -0.15) is 5.10 Å². The third-order valence-electron chi connectivity index (χ3n) is 4.32. The molecule has 1 saturated heterocycles. The SMILES string of the molecule is CCOc1ccc(NC(=O)N2CCCC2c2ccnn2CC)cc1. The molecule has 2 amide bonds. The van der Waals surface area contributed by atoms with Crippen LogP contribution in [0.2, 0.25) is 0 Å². The van der Waals surface area contributed by atoms with Crippen LogP contribution in [0.15, 0.2) is 36.5 Å². The zero-order valence-corrected chi connectivity index (χ0v) is 14.2. The van der Waals surface area contributed by atoms with Crippen LogP contribution in [0.1, 0.15) is 38.4 Å². The van der Waals surface area contributed by atoms with Crippen molar-refractivity contribution in [3.8, 4) is 5.75 Å². The number of carbonyl (C=O) groups excluding carboxylic acids is 1. The normalized spacial score (nSPS) is 17.1. The second-order valence-corrected chi connectivity index (χ2v) is 5.81. The van der Waals surface area contributed by atoms with E-state index in [4.69, 9.17) is 4.74 Å². The van der Waals surface area contributed by atoms with E-state index in [2.05, 4.69) is 17.3 Å². The highest BCUT2D eigenvalue weighted by atomic mass is 16.5. The van der Waals surface area contributed by atoms with E-state index in [0.717, 1.165) is 43.1 Å². The van der Waals surface area contributed by atoms with Crippen molar-refractivity contribution in [1.82, 2.24) is 14.7 Å². The molecule has 3 rings (SSSR count). The number of amides is 2. The lowest BCUT2D eigenvalue weighted by atomic mass is 10.1. The monoisotopic (exact) mass is 328 g/mol. The van der Waals surface area contributed by atoms with Crippen molar-refractivity contribution < 1.29 is 9.53 Å². The Bertz CT molecular complexity index is 681. The van der Waals surface area contributed by atoms with Crippen molar-refractivity contribution in [2.24, 2.45) is 0 Å². The molecule has 6 heteroatoms. The number of aromatic nitrogens is 2. The Hall–Kier alpha value is -2.50. The molecule has 0 aliphatic carbocycles. The standard InChI is InChI=1S/C18H24N4O2/c1-3-22-17(11-12-19-22)16-6-5-13-21(16)18(23)20-14-7-9-15(10-8-14)24-4-2/h7-12,16H,3-6,13H2,1-2H3,(H,20,23). The molecule has 1 atom stereocenters. The minimum atomic E-state index is -0.0643. The molecular formula is C18H24N4O2. The first-order valence-corrected chi connectivity index (χ1v) is 8.55. The van der Waals surface area contributed by atoms with Crippen LogP contribution in [-0.2, 0) is 6.54 Å². The summed E-state index contributed by atoms with van der Waals surface area (Å²) in [6.45, 7) is 6.22. The van der Waals surface area contributed by atoms with Crippen LogP contribution in [0.4, 0.5) is 10.5 Å². The van der Waals surface area contributed by atoms with E-state index in [1.807, 2.05) is 46.8 Å². The fraction of sp³-hybridized carbons (Fsp3) is 0.444. The van der Waals surface area contributed by atoms with Gasteiger partial charge in [0.05, 0.1) is 18.3 Å². The Morgan fingerprint density at radius 2 is 2.08 bits per heavy atom. The number of benzene rings is 1. The number of hydrogen-bond donors (Lipinski definition) is 1. The Balaban J connectivity index is 1.69. The Labute approximate surface area is 142 Å². The number of urea groups is 1. The Morgan fingerprint density at radius 3 is 2.79 bits per heavy atom. The topological polar surface area (TPSA) is 59.4 Å². The fourth-order valence-corrected chi connectivity index (χ4v) is 3.20. The van der Waals surface area contributed by atoms with Gasteiger partial charge in [0.2, 0.25) is 0 Å². The van der Waals surface area contributed by atoms with Gasteiger partial charge in [0.25, 0.3) is 0 Å². The molecule has 0 bridgehead atoms. The van der Waals surface area contributed by atoms with Gasteiger partial charge in [-0.25, -0.2) is 4.79 Å². The summed E-state index contributed by atoms with van der Waals surface area (Å²) in [5.41, 5.74) is 1.88. The molecule has 1 aliphatic heterocycles. The highest BCUT2D eigenvalue weighted by Crippen LogP contribution is 2.32. The molecule has 0 radical (unpaired) electrons. The average Bonchev–Trinajstić information content (AvgIpc) is 3.25. The predicted octanol–water partition coefficient (Wildman–Crippen LogP) is 3.67. The summed E-state index contributed by atoms with van der Waals surface area (Å²) in [7, 11) is 0. The van der Waals surface area contributed by atoms with E-state index in [1.165, 1.54) is 0 Å². The van der Waals surface area contributed by atoms with Crippen LogP contribution < -0.4 is 10.1 Å². The summed E-state index contributed by atoms with van der Waals surface area (Å²) in [5, 5.41) is 7.31. The molecule has 1 unspecified atom stereocenters. The molecule has 24 heavy (non-hydrogen) atoms. The number of rotatable bonds is 5. The smallest absolute Gasteiger partial charge is 0.322 e. The van der Waals surface area contributed by atoms with Gasteiger partial charge in [-0.05, 0) is 57.0 Å². The molecule has 1 aromatic heterocycles. The van der Waals surface area contributed by atoms with Gasteiger partial charge in [0.1, 0.15) is 5.75 Å². The molecule has 0 saturated carbocycles. The number of nitrogens with zero attached hydrogens (tertiary/aromatic N) is 3. The van der Waals surface area contributed by atoms with Crippen LogP contribution in [0.25, 0.3) is 0 Å². The van der Waals surface area contributed by atoms with Crippen molar-refractivity contribution >= 4 is 11.7 Å². The van der Waals surface area contributed by atoms with Crippen molar-refractivity contribution in [2.75, 3.05) is 18.5 Å². The lowest BCUT2D eigenvalue weighted by molar-refractivity contribution is 0.204. The van der Waals surface area contributed by atoms with E-state index in [0.29, 0.717) is 6.61 Å². The number of ether oxygens (including phenoxy) is 1. The molecule has 6 nitrogen and oxygen atoms in total. The van der Waals surface area contributed by atoms with Crippen LogP contribution in [0.5, 0.6) is 5.75 Å². The third kappa shape index (κ3) is 3.37. The molecule has 1 N–H and O–H groups in total. The van der Waals surface area contributed by atoms with Gasteiger partial charge in [0, 0.05) is 25.0 Å². The summed E-state index contributed by atoms with van der Waals surface area (Å²) >= 11 is 0. The van der Waals surface area contributed by atoms with Gasteiger partial charge in [-0.3, -0.25) is 4.68 Å². The largest absolute Gasteiger partial charge is 0.494 e. The Morgan fingerprint density at radius 1 is 1.29 bits per heavy atom. The lowest BCUT2D eigenvalue weighted by Crippen LogP contribution is -2.35. The van der Waals surface area contributed by atoms with Crippen molar-refractivity contribution in [3.63, 3.8) is 0 Å². The molecule has 0 spiro atoms. The van der Waals surface area contributed by atoms with E-state index < -0.39 is 0 Å². The first-order valence-electron chi connectivity index (χ1n) is 8.55. The van der Waals surface area contributed by atoms with E-state index in [1.54, 1.807) is 6.20 Å². The average molecular weight is 328 g/mol. The highest BCUT2D eigenvalue weighted by Gasteiger charge is 2.32. The number of carbonyl (C=O) groups is 1. The predicted molar refractivity (Wildman–Crippen MR) is 93.2 cm³/mol. The van der Waals surface area contributed by atoms with Crippen molar-refractivity contribution in [1.29, 1.82) is 0 Å². The lowest BCUT2D eigenvalue weighted by Gasteiger charge is -2.25. The summed E-state index contributed by atoms with van der Waals surface area (Å²) < 4.78 is 7.39. The number of likely N-dealkylation sites (tertiary alicyclic amines) is 1. The molecule has 2 heterocycles. The van der Waals surface area contributed by atoms with E-state index in [9.17, 15) is 4.79 Å². The van der Waals surface area contributed by atoms with Crippen LogP contribution >= 0.6 is 0 Å². The van der Waals surface area contributed by atoms with Crippen molar-refractivity contribution in [3.05, 3.63) is 42.2 Å². The molecule has 1 aromatic carbocycles. The number of anilines is 1. The maximum absolute atomic E-state index is 12.7. The third-order valence-corrected chi connectivity index (χ3v) is 4.32. The summed E-state index contributed by atoms with van der Waals surface area (Å²) in [4.78, 5) is 14.6. The second-order valence-electron chi connectivity index (χ2n) is 5.81. The first-order chi connectivity index (χ1) is 11.7. The summed E-state index contributed by atoms with van der Waals surface area (Å²) in [6.07, 6.45) is 3.79. The van der Waals surface area contributed by atoms with E-state index in [-0.39, 0.29) is 12.1 Å². The van der Waals surface area contributed by atoms with Crippen LogP contribution in [0, 0.1) is 0 Å². The number of nitrogens with one attached hydrogen (secondary N) is 1. The molecule has 2 aromatic rings. The molecule has 1 fully saturated rings. The van der Waals surface area contributed by atoms with Gasteiger partial charge >= 0.3 is 6.03 Å². The number of aryl methyl sites for hydroxylation is 1. The van der Waals surface area contributed by atoms with Gasteiger partial charge in [0.15, 0.2) is 0 Å². The number of hydrogen-bond acceptors (Lipinski definition) is 3. The second kappa shape index (κ2) is 7.38. The molecule has 1 aliphatic rings. The molecule has 128 valence electrons. The minimum absolute atomic E-state index is 0.0643. The summed E-state index contributed by atoms with van der Waals surface area (Å²) in [5.74, 6) is 0.807. The quantitative estimate of drug-likeness (QED) is 0.911. The highest BCUT2D eigenvalue weighted by molar-refractivity contribution is 5.89.